The van der Waals surface area contributed by atoms with Gasteiger partial charge in [-0.3, -0.25) is 5.10 Å². The van der Waals surface area contributed by atoms with E-state index in [0.717, 1.165) is 11.1 Å². The molecule has 0 bridgehead atoms. The third-order valence-corrected chi connectivity index (χ3v) is 2.96. The summed E-state index contributed by atoms with van der Waals surface area (Å²) in [6, 6.07) is 9.62. The number of nitrogens with one attached hydrogen (secondary N) is 2. The molecule has 18 heavy (non-hydrogen) atoms. The first kappa shape index (κ1) is 10.7. The number of aromatic nitrogens is 4. The molecule has 0 aliphatic heterocycles. The molecule has 0 radical (unpaired) electrons. The number of fused-ring (bicyclic) bond motifs is 1. The Labute approximate surface area is 107 Å². The zero-order valence-corrected chi connectivity index (χ0v) is 10.1. The minimum absolute atomic E-state index is 0.461. The van der Waals surface area contributed by atoms with Crippen LogP contribution >= 0.6 is 12.2 Å². The summed E-state index contributed by atoms with van der Waals surface area (Å²) in [5.74, 6) is 6.36. The fourth-order valence-corrected chi connectivity index (χ4v) is 1.88. The van der Waals surface area contributed by atoms with Crippen LogP contribution < -0.4 is 11.2 Å². The van der Waals surface area contributed by atoms with E-state index in [1.165, 1.54) is 4.68 Å². The van der Waals surface area contributed by atoms with Gasteiger partial charge < -0.3 is 11.2 Å². The Kier molecular flexibility index (Phi) is 2.45. The van der Waals surface area contributed by atoms with Gasteiger partial charge in [0.05, 0.1) is 11.6 Å². The Bertz CT molecular complexity index is 745. The van der Waals surface area contributed by atoms with E-state index in [2.05, 4.69) is 20.5 Å². The molecule has 0 saturated carbocycles. The Morgan fingerprint density at radius 1 is 1.28 bits per heavy atom. The fraction of sp³-hybridized carbons (Fsp3) is 0. The molecule has 0 saturated heterocycles. The molecule has 0 spiro atoms. The van der Waals surface area contributed by atoms with Crippen LogP contribution in [0.3, 0.4) is 0 Å². The van der Waals surface area contributed by atoms with Crippen molar-refractivity contribution < 1.29 is 0 Å². The van der Waals surface area contributed by atoms with E-state index in [0.29, 0.717) is 16.2 Å². The highest BCUT2D eigenvalue weighted by Crippen LogP contribution is 2.17. The first-order valence-electron chi connectivity index (χ1n) is 5.29. The zero-order valence-electron chi connectivity index (χ0n) is 9.29. The molecule has 3 rings (SSSR count). The van der Waals surface area contributed by atoms with E-state index in [1.807, 2.05) is 30.3 Å². The Balaban J connectivity index is 2.12. The summed E-state index contributed by atoms with van der Waals surface area (Å²) in [5.41, 5.74) is 1.50. The van der Waals surface area contributed by atoms with Crippen molar-refractivity contribution in [3.05, 3.63) is 41.2 Å². The van der Waals surface area contributed by atoms with E-state index in [9.17, 15) is 0 Å². The van der Waals surface area contributed by atoms with Crippen LogP contribution in [0.25, 0.3) is 11.0 Å². The van der Waals surface area contributed by atoms with Gasteiger partial charge in [-0.1, -0.05) is 30.4 Å². The van der Waals surface area contributed by atoms with Crippen LogP contribution in [0.4, 0.5) is 11.6 Å². The number of para-hydroxylation sites is 1. The molecule has 0 atom stereocenters. The maximum atomic E-state index is 5.90. The van der Waals surface area contributed by atoms with Crippen molar-refractivity contribution in [2.75, 3.05) is 11.2 Å². The van der Waals surface area contributed by atoms with E-state index in [1.54, 1.807) is 6.20 Å². The van der Waals surface area contributed by atoms with Gasteiger partial charge in [-0.2, -0.15) is 10.1 Å². The summed E-state index contributed by atoms with van der Waals surface area (Å²) < 4.78 is 1.81. The Hall–Kier alpha value is -2.41. The summed E-state index contributed by atoms with van der Waals surface area (Å²) in [5, 5.41) is 10.5. The predicted octanol–water partition coefficient (Wildman–Crippen LogP) is 1.95. The normalized spacial score (nSPS) is 10.7. The molecule has 0 aliphatic carbocycles. The van der Waals surface area contributed by atoms with E-state index in [-0.39, 0.29) is 0 Å². The van der Waals surface area contributed by atoms with Crippen LogP contribution in [-0.4, -0.2) is 19.9 Å². The largest absolute Gasteiger partial charge is 0.335 e. The predicted molar refractivity (Wildman–Crippen MR) is 72.6 cm³/mol. The average Bonchev–Trinajstić information content (AvgIpc) is 2.85. The molecule has 0 unspecified atom stereocenters. The van der Waals surface area contributed by atoms with Gasteiger partial charge in [0.25, 0.3) is 0 Å². The van der Waals surface area contributed by atoms with Crippen molar-refractivity contribution in [2.45, 2.75) is 0 Å². The molecule has 2 heterocycles. The number of benzene rings is 1. The smallest absolute Gasteiger partial charge is 0.229 e. The number of anilines is 2. The molecule has 7 heteroatoms. The number of hydrogen-bond acceptors (Lipinski definition) is 5. The SMILES string of the molecule is Nn1c(Nc2ccccc2)nc2[nH]ncc2c1=S. The Morgan fingerprint density at radius 2 is 2.06 bits per heavy atom. The third-order valence-electron chi connectivity index (χ3n) is 2.54. The van der Waals surface area contributed by atoms with Gasteiger partial charge in [-0.25, -0.2) is 4.68 Å². The molecule has 90 valence electrons. The first-order chi connectivity index (χ1) is 8.75. The van der Waals surface area contributed by atoms with Gasteiger partial charge >= 0.3 is 0 Å². The summed E-state index contributed by atoms with van der Waals surface area (Å²) in [6.07, 6.45) is 1.61. The van der Waals surface area contributed by atoms with Crippen LogP contribution in [0.15, 0.2) is 36.5 Å². The van der Waals surface area contributed by atoms with Gasteiger partial charge in [0.15, 0.2) is 5.65 Å². The molecule has 0 fully saturated rings. The lowest BCUT2D eigenvalue weighted by Crippen LogP contribution is -2.16. The van der Waals surface area contributed by atoms with Gasteiger partial charge in [-0.05, 0) is 12.1 Å². The summed E-state index contributed by atoms with van der Waals surface area (Å²) >= 11 is 5.25. The average molecular weight is 258 g/mol. The van der Waals surface area contributed by atoms with Gasteiger partial charge in [0.2, 0.25) is 5.95 Å². The van der Waals surface area contributed by atoms with Crippen molar-refractivity contribution in [3.63, 3.8) is 0 Å². The lowest BCUT2D eigenvalue weighted by atomic mass is 10.3. The van der Waals surface area contributed by atoms with Crippen LogP contribution in [0.5, 0.6) is 0 Å². The summed E-state index contributed by atoms with van der Waals surface area (Å²) in [7, 11) is 0. The van der Waals surface area contributed by atoms with Gasteiger partial charge in [-0.15, -0.1) is 0 Å². The number of nitrogen functional groups attached to an aromatic ring is 1. The molecular weight excluding hydrogens is 248 g/mol. The maximum absolute atomic E-state index is 5.90. The lowest BCUT2D eigenvalue weighted by Gasteiger charge is -2.10. The first-order valence-corrected chi connectivity index (χ1v) is 5.70. The molecule has 1 aromatic carbocycles. The zero-order chi connectivity index (χ0) is 12.5. The minimum atomic E-state index is 0.461. The standard InChI is InChI=1S/C11H10N6S/c12-17-10(18)8-6-13-16-9(8)15-11(17)14-7-4-2-1-3-5-7/h1-6H,12H2,(H2,13,14,15,16). The highest BCUT2D eigenvalue weighted by Gasteiger charge is 2.07. The minimum Gasteiger partial charge on any atom is -0.335 e. The number of hydrogen-bond donors (Lipinski definition) is 3. The highest BCUT2D eigenvalue weighted by molar-refractivity contribution is 7.71. The van der Waals surface area contributed by atoms with Gasteiger partial charge in [0, 0.05) is 5.69 Å². The molecule has 0 amide bonds. The topological polar surface area (TPSA) is 84.5 Å². The monoisotopic (exact) mass is 258 g/mol. The second-order valence-corrected chi connectivity index (χ2v) is 4.12. The molecule has 2 aromatic heterocycles. The molecule has 0 aliphatic rings. The van der Waals surface area contributed by atoms with Crippen molar-refractivity contribution in [1.82, 2.24) is 19.9 Å². The molecule has 4 N–H and O–H groups in total. The third kappa shape index (κ3) is 1.70. The van der Waals surface area contributed by atoms with Crippen molar-refractivity contribution in [2.24, 2.45) is 0 Å². The van der Waals surface area contributed by atoms with Crippen LogP contribution in [0, 0.1) is 4.64 Å². The number of rotatable bonds is 2. The molecule has 3 aromatic rings. The lowest BCUT2D eigenvalue weighted by molar-refractivity contribution is 0.949. The number of nitrogens with zero attached hydrogens (tertiary/aromatic N) is 3. The van der Waals surface area contributed by atoms with Crippen molar-refractivity contribution >= 4 is 34.9 Å². The number of H-pyrrole nitrogens is 1. The van der Waals surface area contributed by atoms with Gasteiger partial charge in [0.1, 0.15) is 4.64 Å². The van der Waals surface area contributed by atoms with E-state index in [4.69, 9.17) is 18.1 Å². The Morgan fingerprint density at radius 3 is 2.83 bits per heavy atom. The van der Waals surface area contributed by atoms with Crippen LogP contribution in [0.2, 0.25) is 0 Å². The van der Waals surface area contributed by atoms with E-state index < -0.39 is 0 Å². The van der Waals surface area contributed by atoms with Crippen molar-refractivity contribution in [3.8, 4) is 0 Å². The van der Waals surface area contributed by atoms with Crippen LogP contribution in [0.1, 0.15) is 0 Å². The van der Waals surface area contributed by atoms with Crippen LogP contribution in [-0.2, 0) is 0 Å². The highest BCUT2D eigenvalue weighted by atomic mass is 32.1. The maximum Gasteiger partial charge on any atom is 0.229 e. The van der Waals surface area contributed by atoms with E-state index >= 15 is 0 Å². The summed E-state index contributed by atoms with van der Waals surface area (Å²) in [6.45, 7) is 0. The summed E-state index contributed by atoms with van der Waals surface area (Å²) in [4.78, 5) is 4.33. The van der Waals surface area contributed by atoms with Crippen molar-refractivity contribution in [1.29, 1.82) is 0 Å². The number of aromatic amines is 1. The number of nitrogens with two attached hydrogens (primary N) is 1. The molecule has 6 nitrogen and oxygen atoms in total. The second kappa shape index (κ2) is 4.11. The second-order valence-electron chi connectivity index (χ2n) is 3.73. The fourth-order valence-electron chi connectivity index (χ4n) is 1.65. The quantitative estimate of drug-likeness (QED) is 0.483. The molecular formula is C11H10N6S.